The van der Waals surface area contributed by atoms with Crippen LogP contribution in [0.2, 0.25) is 10.0 Å². The maximum Gasteiger partial charge on any atom is 0.0871 e. The van der Waals surface area contributed by atoms with E-state index in [1.165, 1.54) is 0 Å². The van der Waals surface area contributed by atoms with Gasteiger partial charge in [-0.25, -0.2) is 0 Å². The van der Waals surface area contributed by atoms with Crippen molar-refractivity contribution in [3.05, 3.63) is 63.9 Å². The summed E-state index contributed by atoms with van der Waals surface area (Å²) in [6.45, 7) is 0.315. The third kappa shape index (κ3) is 3.45. The lowest BCUT2D eigenvalue weighted by molar-refractivity contribution is 0.147. The molecular formula is C14H14Cl2N2O. The maximum absolute atomic E-state index is 10.5. The van der Waals surface area contributed by atoms with Gasteiger partial charge in [-0.1, -0.05) is 23.2 Å². The number of rotatable bonds is 4. The van der Waals surface area contributed by atoms with E-state index in [1.54, 1.807) is 30.6 Å². The van der Waals surface area contributed by atoms with Crippen LogP contribution in [-0.2, 0) is 0 Å². The first kappa shape index (κ1) is 14.3. The van der Waals surface area contributed by atoms with Crippen molar-refractivity contribution < 1.29 is 5.11 Å². The molecule has 0 aliphatic carbocycles. The molecule has 5 heteroatoms. The molecule has 19 heavy (non-hydrogen) atoms. The lowest BCUT2D eigenvalue weighted by atomic mass is 9.90. The maximum atomic E-state index is 10.5. The second-order valence-corrected chi connectivity index (χ2v) is 5.14. The van der Waals surface area contributed by atoms with Gasteiger partial charge in [-0.05, 0) is 41.5 Å². The summed E-state index contributed by atoms with van der Waals surface area (Å²) in [4.78, 5) is 3.96. The Hall–Kier alpha value is -1.13. The molecule has 2 atom stereocenters. The number of aliphatic hydroxyl groups excluding tert-OH is 1. The van der Waals surface area contributed by atoms with Gasteiger partial charge in [0.15, 0.2) is 0 Å². The summed E-state index contributed by atoms with van der Waals surface area (Å²) in [5, 5.41) is 11.5. The van der Waals surface area contributed by atoms with Crippen molar-refractivity contribution in [2.24, 2.45) is 5.73 Å². The van der Waals surface area contributed by atoms with Crippen molar-refractivity contribution in [3.63, 3.8) is 0 Å². The van der Waals surface area contributed by atoms with Crippen molar-refractivity contribution in [3.8, 4) is 0 Å². The highest BCUT2D eigenvalue weighted by Crippen LogP contribution is 2.32. The number of nitrogens with two attached hydrogens (primary N) is 1. The van der Waals surface area contributed by atoms with Crippen LogP contribution in [0.4, 0.5) is 0 Å². The number of nitrogens with zero attached hydrogens (tertiary/aromatic N) is 1. The summed E-state index contributed by atoms with van der Waals surface area (Å²) in [5.41, 5.74) is 7.36. The minimum Gasteiger partial charge on any atom is -0.388 e. The Morgan fingerprint density at radius 3 is 2.16 bits per heavy atom. The van der Waals surface area contributed by atoms with Crippen LogP contribution in [0.3, 0.4) is 0 Å². The molecule has 0 radical (unpaired) electrons. The minimum absolute atomic E-state index is 0.225. The van der Waals surface area contributed by atoms with Crippen molar-refractivity contribution in [2.45, 2.75) is 12.0 Å². The van der Waals surface area contributed by atoms with Gasteiger partial charge in [0.1, 0.15) is 0 Å². The van der Waals surface area contributed by atoms with Gasteiger partial charge in [0, 0.05) is 34.9 Å². The molecule has 100 valence electrons. The van der Waals surface area contributed by atoms with E-state index >= 15 is 0 Å². The van der Waals surface area contributed by atoms with Gasteiger partial charge in [-0.2, -0.15) is 0 Å². The molecule has 0 saturated heterocycles. The third-order valence-electron chi connectivity index (χ3n) is 3.00. The Kier molecular flexibility index (Phi) is 4.77. The number of pyridine rings is 1. The SMILES string of the molecule is NCC(c1ccncc1)C(O)c1cc(Cl)cc(Cl)c1. The Balaban J connectivity index is 2.33. The van der Waals surface area contributed by atoms with Gasteiger partial charge in [-0.3, -0.25) is 4.98 Å². The monoisotopic (exact) mass is 296 g/mol. The van der Waals surface area contributed by atoms with Gasteiger partial charge < -0.3 is 10.8 Å². The molecule has 0 spiro atoms. The second kappa shape index (κ2) is 6.35. The van der Waals surface area contributed by atoms with E-state index < -0.39 is 6.10 Å². The van der Waals surface area contributed by atoms with Crippen LogP contribution < -0.4 is 5.73 Å². The molecule has 1 heterocycles. The van der Waals surface area contributed by atoms with Crippen LogP contribution in [0.15, 0.2) is 42.7 Å². The summed E-state index contributed by atoms with van der Waals surface area (Å²) < 4.78 is 0. The second-order valence-electron chi connectivity index (χ2n) is 4.27. The average molecular weight is 297 g/mol. The molecule has 1 aromatic carbocycles. The fourth-order valence-electron chi connectivity index (χ4n) is 2.04. The fraction of sp³-hybridized carbons (Fsp3) is 0.214. The normalized spacial score (nSPS) is 14.1. The zero-order valence-corrected chi connectivity index (χ0v) is 11.6. The zero-order chi connectivity index (χ0) is 13.8. The van der Waals surface area contributed by atoms with E-state index in [2.05, 4.69) is 4.98 Å². The van der Waals surface area contributed by atoms with Gasteiger partial charge in [-0.15, -0.1) is 0 Å². The Bertz CT molecular complexity index is 528. The first-order chi connectivity index (χ1) is 9.11. The standard InChI is InChI=1S/C14H14Cl2N2O/c15-11-5-10(6-12(16)7-11)14(19)13(8-17)9-1-3-18-4-2-9/h1-7,13-14,19H,8,17H2. The Morgan fingerprint density at radius 2 is 1.63 bits per heavy atom. The topological polar surface area (TPSA) is 59.1 Å². The molecule has 0 bridgehead atoms. The molecule has 2 rings (SSSR count). The quantitative estimate of drug-likeness (QED) is 0.911. The van der Waals surface area contributed by atoms with Gasteiger partial charge >= 0.3 is 0 Å². The number of benzene rings is 1. The summed E-state index contributed by atoms with van der Waals surface area (Å²) >= 11 is 11.9. The number of hydrogen-bond acceptors (Lipinski definition) is 3. The highest BCUT2D eigenvalue weighted by molar-refractivity contribution is 6.34. The average Bonchev–Trinajstić information content (AvgIpc) is 2.39. The third-order valence-corrected chi connectivity index (χ3v) is 3.43. The molecule has 3 nitrogen and oxygen atoms in total. The molecule has 0 amide bonds. The molecular weight excluding hydrogens is 283 g/mol. The van der Waals surface area contributed by atoms with Crippen LogP contribution in [-0.4, -0.2) is 16.6 Å². The predicted molar refractivity (Wildman–Crippen MR) is 77.5 cm³/mol. The molecule has 0 aliphatic heterocycles. The number of halogens is 2. The summed E-state index contributed by atoms with van der Waals surface area (Å²) in [6, 6.07) is 8.70. The summed E-state index contributed by atoms with van der Waals surface area (Å²) in [6.07, 6.45) is 2.59. The minimum atomic E-state index is -0.761. The lowest BCUT2D eigenvalue weighted by Crippen LogP contribution is -2.20. The Morgan fingerprint density at radius 1 is 1.05 bits per heavy atom. The van der Waals surface area contributed by atoms with Crippen LogP contribution in [0, 0.1) is 0 Å². The summed E-state index contributed by atoms with van der Waals surface area (Å²) in [7, 11) is 0. The van der Waals surface area contributed by atoms with E-state index in [0.29, 0.717) is 22.2 Å². The van der Waals surface area contributed by atoms with Gasteiger partial charge in [0.25, 0.3) is 0 Å². The first-order valence-corrected chi connectivity index (χ1v) is 6.61. The number of hydrogen-bond donors (Lipinski definition) is 2. The van der Waals surface area contributed by atoms with E-state index in [4.69, 9.17) is 28.9 Å². The molecule has 0 aliphatic rings. The zero-order valence-electron chi connectivity index (χ0n) is 10.1. The van der Waals surface area contributed by atoms with E-state index in [-0.39, 0.29) is 5.92 Å². The first-order valence-electron chi connectivity index (χ1n) is 5.86. The van der Waals surface area contributed by atoms with E-state index in [1.807, 2.05) is 12.1 Å². The molecule has 0 saturated carbocycles. The van der Waals surface area contributed by atoms with Crippen molar-refractivity contribution in [2.75, 3.05) is 6.54 Å². The van der Waals surface area contributed by atoms with Crippen molar-refractivity contribution in [1.29, 1.82) is 0 Å². The highest BCUT2D eigenvalue weighted by Gasteiger charge is 2.22. The van der Waals surface area contributed by atoms with Crippen LogP contribution >= 0.6 is 23.2 Å². The van der Waals surface area contributed by atoms with Crippen LogP contribution in [0.25, 0.3) is 0 Å². The smallest absolute Gasteiger partial charge is 0.0871 e. The predicted octanol–water partition coefficient (Wildman–Crippen LogP) is 3.16. The van der Waals surface area contributed by atoms with Gasteiger partial charge in [0.05, 0.1) is 6.10 Å². The van der Waals surface area contributed by atoms with Crippen molar-refractivity contribution in [1.82, 2.24) is 4.98 Å². The number of aromatic nitrogens is 1. The van der Waals surface area contributed by atoms with E-state index in [0.717, 1.165) is 5.56 Å². The van der Waals surface area contributed by atoms with Crippen LogP contribution in [0.1, 0.15) is 23.1 Å². The van der Waals surface area contributed by atoms with Crippen molar-refractivity contribution >= 4 is 23.2 Å². The summed E-state index contributed by atoms with van der Waals surface area (Å²) in [5.74, 6) is -0.225. The largest absolute Gasteiger partial charge is 0.388 e. The Labute approximate surface area is 122 Å². The molecule has 1 aromatic heterocycles. The molecule has 2 aromatic rings. The lowest BCUT2D eigenvalue weighted by Gasteiger charge is -2.22. The van der Waals surface area contributed by atoms with Gasteiger partial charge in [0.2, 0.25) is 0 Å². The van der Waals surface area contributed by atoms with E-state index in [9.17, 15) is 5.11 Å². The van der Waals surface area contributed by atoms with Crippen LogP contribution in [0.5, 0.6) is 0 Å². The molecule has 2 unspecified atom stereocenters. The highest BCUT2D eigenvalue weighted by atomic mass is 35.5. The fourth-order valence-corrected chi connectivity index (χ4v) is 2.58. The number of aliphatic hydroxyl groups is 1. The molecule has 3 N–H and O–H groups in total. The molecule has 0 fully saturated rings.